The van der Waals surface area contributed by atoms with Crippen LogP contribution in [0.15, 0.2) is 16.8 Å². The van der Waals surface area contributed by atoms with Gasteiger partial charge in [-0.2, -0.15) is 0 Å². The van der Waals surface area contributed by atoms with Crippen LogP contribution in [0.1, 0.15) is 53.9 Å². The molecular formula is C14H28N2. The monoisotopic (exact) mass is 224 g/mol. The fourth-order valence-electron chi connectivity index (χ4n) is 1.73. The largest absolute Gasteiger partial charge is 0.363 e. The lowest BCUT2D eigenvalue weighted by atomic mass is 9.97. The van der Waals surface area contributed by atoms with Gasteiger partial charge in [0.2, 0.25) is 0 Å². The second kappa shape index (κ2) is 8.37. The van der Waals surface area contributed by atoms with E-state index in [1.165, 1.54) is 24.3 Å². The van der Waals surface area contributed by atoms with Crippen LogP contribution >= 0.6 is 0 Å². The molecule has 0 aromatic rings. The molecule has 1 rings (SSSR count). The van der Waals surface area contributed by atoms with E-state index in [4.69, 9.17) is 0 Å². The highest BCUT2D eigenvalue weighted by atomic mass is 15.2. The van der Waals surface area contributed by atoms with Crippen molar-refractivity contribution in [3.05, 3.63) is 11.8 Å². The van der Waals surface area contributed by atoms with Gasteiger partial charge in [-0.05, 0) is 24.3 Å². The molecule has 0 N–H and O–H groups in total. The van der Waals surface area contributed by atoms with Gasteiger partial charge in [0.1, 0.15) is 5.84 Å². The third kappa shape index (κ3) is 4.82. The van der Waals surface area contributed by atoms with Gasteiger partial charge in [-0.3, -0.25) is 0 Å². The van der Waals surface area contributed by atoms with Gasteiger partial charge in [0.15, 0.2) is 0 Å². The molecule has 0 aromatic heterocycles. The smallest absolute Gasteiger partial charge is 0.104 e. The Bertz CT molecular complexity index is 239. The zero-order valence-corrected chi connectivity index (χ0v) is 11.9. The van der Waals surface area contributed by atoms with E-state index in [0.29, 0.717) is 5.92 Å². The number of rotatable bonds is 3. The summed E-state index contributed by atoms with van der Waals surface area (Å²) in [6, 6.07) is 0. The minimum Gasteiger partial charge on any atom is -0.363 e. The second-order valence-corrected chi connectivity index (χ2v) is 4.33. The first kappa shape index (κ1) is 15.2. The normalized spacial score (nSPS) is 14.9. The molecule has 0 saturated carbocycles. The molecule has 0 bridgehead atoms. The third-order valence-electron chi connectivity index (χ3n) is 2.76. The van der Waals surface area contributed by atoms with Crippen molar-refractivity contribution in [2.75, 3.05) is 13.6 Å². The summed E-state index contributed by atoms with van der Waals surface area (Å²) in [5, 5.41) is 0. The van der Waals surface area contributed by atoms with Gasteiger partial charge in [0.25, 0.3) is 0 Å². The Morgan fingerprint density at radius 1 is 1.31 bits per heavy atom. The number of allylic oxidation sites excluding steroid dienone is 1. The molecule has 0 amide bonds. The Morgan fingerprint density at radius 3 is 2.31 bits per heavy atom. The van der Waals surface area contributed by atoms with Crippen LogP contribution in [-0.2, 0) is 0 Å². The van der Waals surface area contributed by atoms with Crippen molar-refractivity contribution in [2.24, 2.45) is 10.9 Å². The standard InChI is InChI=1S/C12H22N2.C2H6/c1-5-8-14(4)12-7-6-11(9-13-12)10(2)3;1-2/h9-10H,5-8H2,1-4H3;1-2H3. The van der Waals surface area contributed by atoms with E-state index in [0.717, 1.165) is 13.0 Å². The van der Waals surface area contributed by atoms with Crippen LogP contribution in [0.3, 0.4) is 0 Å². The van der Waals surface area contributed by atoms with Crippen molar-refractivity contribution < 1.29 is 0 Å². The number of hydrogen-bond donors (Lipinski definition) is 0. The van der Waals surface area contributed by atoms with Crippen LogP contribution in [-0.4, -0.2) is 24.3 Å². The van der Waals surface area contributed by atoms with Crippen molar-refractivity contribution in [2.45, 2.75) is 53.9 Å². The molecule has 0 atom stereocenters. The molecular weight excluding hydrogens is 196 g/mol. The molecule has 0 unspecified atom stereocenters. The van der Waals surface area contributed by atoms with Gasteiger partial charge in [-0.15, -0.1) is 0 Å². The quantitative estimate of drug-likeness (QED) is 0.705. The Balaban J connectivity index is 0.00000106. The topological polar surface area (TPSA) is 15.6 Å². The van der Waals surface area contributed by atoms with Crippen molar-refractivity contribution in [1.29, 1.82) is 0 Å². The van der Waals surface area contributed by atoms with Crippen molar-refractivity contribution in [3.8, 4) is 0 Å². The van der Waals surface area contributed by atoms with Gasteiger partial charge in [-0.1, -0.05) is 34.6 Å². The van der Waals surface area contributed by atoms with Crippen LogP contribution in [0.25, 0.3) is 0 Å². The predicted octanol–water partition coefficient (Wildman–Crippen LogP) is 4.09. The van der Waals surface area contributed by atoms with E-state index in [1.54, 1.807) is 0 Å². The maximum atomic E-state index is 4.53. The average Bonchev–Trinajstić information content (AvgIpc) is 2.32. The van der Waals surface area contributed by atoms with E-state index < -0.39 is 0 Å². The maximum Gasteiger partial charge on any atom is 0.104 e. The molecule has 2 nitrogen and oxygen atoms in total. The second-order valence-electron chi connectivity index (χ2n) is 4.33. The molecule has 0 radical (unpaired) electrons. The zero-order chi connectivity index (χ0) is 12.6. The molecule has 0 aliphatic carbocycles. The van der Waals surface area contributed by atoms with E-state index in [-0.39, 0.29) is 0 Å². The highest BCUT2D eigenvalue weighted by molar-refractivity contribution is 5.83. The Hall–Kier alpha value is -0.790. The Morgan fingerprint density at radius 2 is 1.94 bits per heavy atom. The first-order valence-electron chi connectivity index (χ1n) is 6.62. The molecule has 0 fully saturated rings. The lowest BCUT2D eigenvalue weighted by molar-refractivity contribution is 0.485. The molecule has 94 valence electrons. The van der Waals surface area contributed by atoms with Crippen molar-refractivity contribution in [3.63, 3.8) is 0 Å². The van der Waals surface area contributed by atoms with Gasteiger partial charge in [0.05, 0.1) is 0 Å². The van der Waals surface area contributed by atoms with Crippen LogP contribution in [0.4, 0.5) is 0 Å². The molecule has 0 spiro atoms. The lowest BCUT2D eigenvalue weighted by Crippen LogP contribution is -2.28. The first-order valence-corrected chi connectivity index (χ1v) is 6.62. The summed E-state index contributed by atoms with van der Waals surface area (Å²) < 4.78 is 0. The van der Waals surface area contributed by atoms with Gasteiger partial charge in [0, 0.05) is 26.2 Å². The Kier molecular flexibility index (Phi) is 7.96. The maximum absolute atomic E-state index is 4.53. The average molecular weight is 224 g/mol. The van der Waals surface area contributed by atoms with E-state index in [1.807, 2.05) is 13.8 Å². The number of hydrogen-bond acceptors (Lipinski definition) is 2. The number of amidine groups is 1. The molecule has 1 aliphatic heterocycles. The fraction of sp³-hybridized carbons (Fsp3) is 0.786. The van der Waals surface area contributed by atoms with E-state index >= 15 is 0 Å². The minimum absolute atomic E-state index is 0.650. The first-order chi connectivity index (χ1) is 7.65. The van der Waals surface area contributed by atoms with Crippen LogP contribution in [0, 0.1) is 5.92 Å². The summed E-state index contributed by atoms with van der Waals surface area (Å²) in [6.07, 6.45) is 5.55. The summed E-state index contributed by atoms with van der Waals surface area (Å²) in [7, 11) is 2.14. The van der Waals surface area contributed by atoms with Crippen LogP contribution in [0.2, 0.25) is 0 Å². The van der Waals surface area contributed by atoms with E-state index in [2.05, 4.69) is 43.9 Å². The lowest BCUT2D eigenvalue weighted by Gasteiger charge is -2.24. The zero-order valence-electron chi connectivity index (χ0n) is 11.9. The number of aliphatic imine (C=N–C) groups is 1. The van der Waals surface area contributed by atoms with E-state index in [9.17, 15) is 0 Å². The van der Waals surface area contributed by atoms with Crippen molar-refractivity contribution in [1.82, 2.24) is 4.90 Å². The number of nitrogens with zero attached hydrogens (tertiary/aromatic N) is 2. The Labute approximate surface area is 101 Å². The fourth-order valence-corrected chi connectivity index (χ4v) is 1.73. The molecule has 16 heavy (non-hydrogen) atoms. The summed E-state index contributed by atoms with van der Waals surface area (Å²) in [5.41, 5.74) is 1.48. The highest BCUT2D eigenvalue weighted by Gasteiger charge is 2.12. The van der Waals surface area contributed by atoms with Gasteiger partial charge >= 0.3 is 0 Å². The third-order valence-corrected chi connectivity index (χ3v) is 2.76. The molecule has 1 aliphatic rings. The summed E-state index contributed by atoms with van der Waals surface area (Å²) in [6.45, 7) is 11.8. The van der Waals surface area contributed by atoms with Gasteiger partial charge in [-0.25, -0.2) is 4.99 Å². The highest BCUT2D eigenvalue weighted by Crippen LogP contribution is 2.20. The predicted molar refractivity (Wildman–Crippen MR) is 73.9 cm³/mol. The minimum atomic E-state index is 0.650. The molecule has 2 heteroatoms. The SMILES string of the molecule is CC.CCCN(C)C1=NC=C(C(C)C)CC1. The van der Waals surface area contributed by atoms with Gasteiger partial charge < -0.3 is 4.90 Å². The summed E-state index contributed by atoms with van der Waals surface area (Å²) in [4.78, 5) is 6.80. The molecule has 0 saturated heterocycles. The van der Waals surface area contributed by atoms with Crippen molar-refractivity contribution >= 4 is 5.84 Å². The summed E-state index contributed by atoms with van der Waals surface area (Å²) in [5.74, 6) is 1.90. The van der Waals surface area contributed by atoms with Crippen LogP contribution < -0.4 is 0 Å². The van der Waals surface area contributed by atoms with Crippen LogP contribution in [0.5, 0.6) is 0 Å². The molecule has 0 aromatic carbocycles. The molecule has 1 heterocycles. The summed E-state index contributed by atoms with van der Waals surface area (Å²) >= 11 is 0.